The van der Waals surface area contributed by atoms with Crippen LogP contribution in [-0.2, 0) is 16.9 Å². The van der Waals surface area contributed by atoms with Crippen molar-refractivity contribution in [2.45, 2.75) is 32.9 Å². The third kappa shape index (κ3) is 4.98. The first kappa shape index (κ1) is 22.8. The number of urea groups is 2. The molecule has 4 rings (SSSR count). The molecule has 1 aliphatic heterocycles. The smallest absolute Gasteiger partial charge is 0.322 e. The van der Waals surface area contributed by atoms with E-state index >= 15 is 0 Å². The second kappa shape index (κ2) is 9.22. The number of amides is 5. The summed E-state index contributed by atoms with van der Waals surface area (Å²) < 4.78 is 5.88. The number of hydrogen-bond donors (Lipinski definition) is 4. The molecule has 2 aromatic carbocycles. The van der Waals surface area contributed by atoms with Crippen molar-refractivity contribution in [2.75, 3.05) is 5.32 Å². The van der Waals surface area contributed by atoms with E-state index in [2.05, 4.69) is 26.3 Å². The SMILES string of the molecule is Cc1ccnc(Oc2cc(NC(=O)NCc3ccc(C4(C)NC(=O)NC4=O)cc3)ccc2C)c1. The average molecular weight is 460 g/mol. The molecule has 1 aliphatic rings. The number of anilines is 1. The quantitative estimate of drug-likeness (QED) is 0.417. The summed E-state index contributed by atoms with van der Waals surface area (Å²) in [7, 11) is 0. The topological polar surface area (TPSA) is 121 Å². The maximum absolute atomic E-state index is 12.4. The number of aromatic nitrogens is 1. The molecular weight excluding hydrogens is 434 g/mol. The van der Waals surface area contributed by atoms with Crippen LogP contribution in [0.2, 0.25) is 0 Å². The number of rotatable bonds is 6. The third-order valence-corrected chi connectivity index (χ3v) is 5.58. The number of nitrogens with zero attached hydrogens (tertiary/aromatic N) is 1. The molecule has 1 fully saturated rings. The number of hydrogen-bond acceptors (Lipinski definition) is 5. The Hall–Kier alpha value is -4.40. The van der Waals surface area contributed by atoms with Gasteiger partial charge in [-0.05, 0) is 55.2 Å². The first-order valence-electron chi connectivity index (χ1n) is 10.7. The van der Waals surface area contributed by atoms with Gasteiger partial charge in [-0.2, -0.15) is 0 Å². The molecule has 0 radical (unpaired) electrons. The number of nitrogens with one attached hydrogen (secondary N) is 4. The summed E-state index contributed by atoms with van der Waals surface area (Å²) in [5.74, 6) is 0.682. The molecule has 4 N–H and O–H groups in total. The molecule has 9 heteroatoms. The van der Waals surface area contributed by atoms with Gasteiger partial charge in [0.2, 0.25) is 5.88 Å². The Labute approximate surface area is 196 Å². The number of imide groups is 1. The monoisotopic (exact) mass is 459 g/mol. The first-order valence-corrected chi connectivity index (χ1v) is 10.7. The molecule has 2 heterocycles. The van der Waals surface area contributed by atoms with Crippen LogP contribution in [0.1, 0.15) is 29.2 Å². The van der Waals surface area contributed by atoms with Crippen LogP contribution in [0.3, 0.4) is 0 Å². The molecule has 5 amide bonds. The lowest BCUT2D eigenvalue weighted by atomic mass is 9.91. The number of carbonyl (C=O) groups excluding carboxylic acids is 3. The highest BCUT2D eigenvalue weighted by Gasteiger charge is 2.43. The van der Waals surface area contributed by atoms with Gasteiger partial charge >= 0.3 is 12.1 Å². The van der Waals surface area contributed by atoms with Crippen molar-refractivity contribution in [3.8, 4) is 11.6 Å². The van der Waals surface area contributed by atoms with Gasteiger partial charge in [0.15, 0.2) is 0 Å². The van der Waals surface area contributed by atoms with E-state index in [1.165, 1.54) is 0 Å². The van der Waals surface area contributed by atoms with Gasteiger partial charge in [0.05, 0.1) is 0 Å². The van der Waals surface area contributed by atoms with E-state index in [0.717, 1.165) is 16.7 Å². The number of pyridine rings is 1. The van der Waals surface area contributed by atoms with Crippen LogP contribution < -0.4 is 26.0 Å². The zero-order valence-corrected chi connectivity index (χ0v) is 19.1. The van der Waals surface area contributed by atoms with Crippen LogP contribution in [0.15, 0.2) is 60.8 Å². The zero-order valence-electron chi connectivity index (χ0n) is 19.1. The van der Waals surface area contributed by atoms with Crippen molar-refractivity contribution in [1.82, 2.24) is 20.9 Å². The molecule has 0 spiro atoms. The van der Waals surface area contributed by atoms with Crippen molar-refractivity contribution in [3.63, 3.8) is 0 Å². The van der Waals surface area contributed by atoms with Crippen LogP contribution in [0.5, 0.6) is 11.6 Å². The number of ether oxygens (including phenoxy) is 1. The van der Waals surface area contributed by atoms with Gasteiger partial charge in [0, 0.05) is 30.6 Å². The van der Waals surface area contributed by atoms with Gasteiger partial charge in [-0.15, -0.1) is 0 Å². The van der Waals surface area contributed by atoms with Gasteiger partial charge in [0.25, 0.3) is 5.91 Å². The maximum atomic E-state index is 12.4. The predicted molar refractivity (Wildman–Crippen MR) is 127 cm³/mol. The highest BCUT2D eigenvalue weighted by molar-refractivity contribution is 6.07. The fraction of sp³-hybridized carbons (Fsp3) is 0.200. The van der Waals surface area contributed by atoms with E-state index in [1.54, 1.807) is 49.5 Å². The molecule has 1 aromatic heterocycles. The lowest BCUT2D eigenvalue weighted by Gasteiger charge is -2.21. The summed E-state index contributed by atoms with van der Waals surface area (Å²) in [6.07, 6.45) is 1.68. The number of carbonyl (C=O) groups is 3. The molecule has 9 nitrogen and oxygen atoms in total. The Balaban J connectivity index is 1.35. The summed E-state index contributed by atoms with van der Waals surface area (Å²) in [6.45, 7) is 5.80. The van der Waals surface area contributed by atoms with Crippen LogP contribution in [0.4, 0.5) is 15.3 Å². The summed E-state index contributed by atoms with van der Waals surface area (Å²) in [6, 6.07) is 15.3. The Morgan fingerprint density at radius 2 is 1.82 bits per heavy atom. The number of aryl methyl sites for hydroxylation is 2. The van der Waals surface area contributed by atoms with Crippen molar-refractivity contribution < 1.29 is 19.1 Å². The molecule has 0 saturated carbocycles. The molecule has 0 aliphatic carbocycles. The highest BCUT2D eigenvalue weighted by Crippen LogP contribution is 2.27. The van der Waals surface area contributed by atoms with Crippen molar-refractivity contribution >= 4 is 23.7 Å². The van der Waals surface area contributed by atoms with Crippen LogP contribution >= 0.6 is 0 Å². The second-order valence-corrected chi connectivity index (χ2v) is 8.29. The van der Waals surface area contributed by atoms with Crippen molar-refractivity contribution in [3.05, 3.63) is 83.0 Å². The maximum Gasteiger partial charge on any atom is 0.322 e. The molecule has 174 valence electrons. The molecule has 1 atom stereocenters. The Bertz CT molecular complexity index is 1260. The first-order chi connectivity index (χ1) is 16.2. The van der Waals surface area contributed by atoms with E-state index in [0.29, 0.717) is 22.9 Å². The largest absolute Gasteiger partial charge is 0.439 e. The van der Waals surface area contributed by atoms with E-state index in [1.807, 2.05) is 32.0 Å². The van der Waals surface area contributed by atoms with E-state index in [4.69, 9.17) is 4.74 Å². The van der Waals surface area contributed by atoms with Crippen LogP contribution in [0, 0.1) is 13.8 Å². The summed E-state index contributed by atoms with van der Waals surface area (Å²) in [5.41, 5.74) is 2.91. The Morgan fingerprint density at radius 1 is 1.06 bits per heavy atom. The van der Waals surface area contributed by atoms with Crippen LogP contribution in [0.25, 0.3) is 0 Å². The minimum Gasteiger partial charge on any atom is -0.439 e. The van der Waals surface area contributed by atoms with Crippen LogP contribution in [-0.4, -0.2) is 23.0 Å². The highest BCUT2D eigenvalue weighted by atomic mass is 16.5. The normalized spacial score (nSPS) is 17.0. The molecule has 1 unspecified atom stereocenters. The lowest BCUT2D eigenvalue weighted by molar-refractivity contribution is -0.123. The second-order valence-electron chi connectivity index (χ2n) is 8.29. The fourth-order valence-corrected chi connectivity index (χ4v) is 3.52. The lowest BCUT2D eigenvalue weighted by Crippen LogP contribution is -2.40. The third-order valence-electron chi connectivity index (χ3n) is 5.58. The number of benzene rings is 2. The van der Waals surface area contributed by atoms with Crippen molar-refractivity contribution in [1.29, 1.82) is 0 Å². The van der Waals surface area contributed by atoms with E-state index in [-0.39, 0.29) is 12.6 Å². The average Bonchev–Trinajstić information content (AvgIpc) is 3.07. The minimum atomic E-state index is -1.11. The molecule has 0 bridgehead atoms. The van der Waals surface area contributed by atoms with Crippen molar-refractivity contribution in [2.24, 2.45) is 0 Å². The Morgan fingerprint density at radius 3 is 2.50 bits per heavy atom. The molecule has 3 aromatic rings. The summed E-state index contributed by atoms with van der Waals surface area (Å²) >= 11 is 0. The standard InChI is InChI=1S/C25H25N5O4/c1-15-10-11-26-21(12-15)34-20-13-19(9-4-16(20)2)28-23(32)27-14-17-5-7-18(8-6-17)25(3)22(31)29-24(33)30-25/h4-13H,14H2,1-3H3,(H2,27,28,32)(H2,29,30,31,33). The van der Waals surface area contributed by atoms with E-state index < -0.39 is 17.5 Å². The van der Waals surface area contributed by atoms with Gasteiger partial charge in [0.1, 0.15) is 11.3 Å². The van der Waals surface area contributed by atoms with E-state index in [9.17, 15) is 14.4 Å². The Kier molecular flexibility index (Phi) is 6.18. The van der Waals surface area contributed by atoms with Gasteiger partial charge in [-0.1, -0.05) is 30.3 Å². The van der Waals surface area contributed by atoms with Gasteiger partial charge in [-0.3, -0.25) is 10.1 Å². The zero-order chi connectivity index (χ0) is 24.3. The van der Waals surface area contributed by atoms with Gasteiger partial charge in [-0.25, -0.2) is 14.6 Å². The van der Waals surface area contributed by atoms with Gasteiger partial charge < -0.3 is 20.7 Å². The summed E-state index contributed by atoms with van der Waals surface area (Å²) in [4.78, 5) is 40.2. The molecule has 1 saturated heterocycles. The predicted octanol–water partition coefficient (Wildman–Crippen LogP) is 3.87. The summed E-state index contributed by atoms with van der Waals surface area (Å²) in [5, 5.41) is 10.5. The molecule has 34 heavy (non-hydrogen) atoms. The fourth-order valence-electron chi connectivity index (χ4n) is 3.52. The minimum absolute atomic E-state index is 0.282. The molecular formula is C25H25N5O4.